The number of hydrogen-bond donors (Lipinski definition) is 3. The Morgan fingerprint density at radius 2 is 2.13 bits per heavy atom. The minimum atomic E-state index is -0.862. The fourth-order valence-electron chi connectivity index (χ4n) is 2.73. The third-order valence-corrected chi connectivity index (χ3v) is 3.83. The van der Waals surface area contributed by atoms with Gasteiger partial charge in [0.25, 0.3) is 0 Å². The van der Waals surface area contributed by atoms with Crippen LogP contribution >= 0.6 is 0 Å². The van der Waals surface area contributed by atoms with Crippen molar-refractivity contribution in [1.29, 1.82) is 0 Å². The Morgan fingerprint density at radius 1 is 1.35 bits per heavy atom. The molecule has 3 rings (SSSR count). The van der Waals surface area contributed by atoms with Gasteiger partial charge in [0.05, 0.1) is 12.7 Å². The second kappa shape index (κ2) is 6.80. The van der Waals surface area contributed by atoms with Crippen LogP contribution in [0.4, 0.5) is 0 Å². The number of imidazole rings is 1. The molecule has 1 fully saturated rings. The lowest BCUT2D eigenvalue weighted by molar-refractivity contribution is -0.136. The van der Waals surface area contributed by atoms with Crippen molar-refractivity contribution < 1.29 is 19.7 Å². The molecule has 0 amide bonds. The smallest absolute Gasteiger partial charge is 0.307 e. The van der Waals surface area contributed by atoms with Crippen LogP contribution in [0, 0.1) is 0 Å². The highest BCUT2D eigenvalue weighted by Gasteiger charge is 2.33. The lowest BCUT2D eigenvalue weighted by Gasteiger charge is -2.17. The molecule has 1 saturated heterocycles. The molecule has 1 aliphatic heterocycles. The Bertz CT molecular complexity index is 642. The first-order valence-corrected chi connectivity index (χ1v) is 7.45. The molecule has 2 atom stereocenters. The number of aromatic nitrogens is 2. The Morgan fingerprint density at radius 3 is 2.78 bits per heavy atom. The van der Waals surface area contributed by atoms with Gasteiger partial charge in [-0.3, -0.25) is 9.69 Å². The molecule has 7 heteroatoms. The average Bonchev–Trinajstić information content (AvgIpc) is 3.12. The number of aliphatic hydroxyl groups is 1. The van der Waals surface area contributed by atoms with Crippen molar-refractivity contribution in [3.63, 3.8) is 0 Å². The number of nitrogens with zero attached hydrogens (tertiary/aromatic N) is 2. The van der Waals surface area contributed by atoms with Gasteiger partial charge < -0.3 is 19.9 Å². The van der Waals surface area contributed by atoms with E-state index in [0.29, 0.717) is 25.4 Å². The van der Waals surface area contributed by atoms with Crippen molar-refractivity contribution in [1.82, 2.24) is 14.9 Å². The number of aliphatic hydroxyl groups excluding tert-OH is 1. The minimum absolute atomic E-state index is 0.00963. The van der Waals surface area contributed by atoms with Gasteiger partial charge >= 0.3 is 5.97 Å². The van der Waals surface area contributed by atoms with Crippen molar-refractivity contribution in [3.8, 4) is 5.75 Å². The quantitative estimate of drug-likeness (QED) is 0.724. The van der Waals surface area contributed by atoms with Gasteiger partial charge in [0.2, 0.25) is 0 Å². The third kappa shape index (κ3) is 4.08. The lowest BCUT2D eigenvalue weighted by Crippen LogP contribution is -2.29. The normalized spacial score (nSPS) is 21.4. The van der Waals surface area contributed by atoms with Gasteiger partial charge in [-0.2, -0.15) is 0 Å². The maximum atomic E-state index is 10.7. The molecule has 23 heavy (non-hydrogen) atoms. The van der Waals surface area contributed by atoms with Crippen molar-refractivity contribution in [2.24, 2.45) is 0 Å². The lowest BCUT2D eigenvalue weighted by atomic mass is 10.1. The first-order chi connectivity index (χ1) is 11.1. The van der Waals surface area contributed by atoms with Gasteiger partial charge in [-0.05, 0) is 17.7 Å². The number of nitrogens with one attached hydrogen (secondary N) is 1. The second-order valence-electron chi connectivity index (χ2n) is 5.71. The SMILES string of the molecule is O=C(O)Cc1ccc(O[C@@H]2CN(Cc3cnc[nH]3)C[C@H]2O)cc1. The van der Waals surface area contributed by atoms with E-state index in [2.05, 4.69) is 14.9 Å². The predicted octanol–water partition coefficient (Wildman–Crippen LogP) is 0.661. The van der Waals surface area contributed by atoms with Crippen LogP contribution in [0.3, 0.4) is 0 Å². The van der Waals surface area contributed by atoms with E-state index in [9.17, 15) is 9.90 Å². The van der Waals surface area contributed by atoms with Crippen LogP contribution in [-0.4, -0.2) is 56.3 Å². The summed E-state index contributed by atoms with van der Waals surface area (Å²) in [6, 6.07) is 6.94. The molecule has 1 aliphatic rings. The highest BCUT2D eigenvalue weighted by Crippen LogP contribution is 2.20. The van der Waals surface area contributed by atoms with Crippen LogP contribution in [0.15, 0.2) is 36.8 Å². The highest BCUT2D eigenvalue weighted by molar-refractivity contribution is 5.70. The molecule has 0 spiro atoms. The number of ether oxygens (including phenoxy) is 1. The Kier molecular flexibility index (Phi) is 4.59. The molecule has 0 aliphatic carbocycles. The van der Waals surface area contributed by atoms with Crippen LogP contribution in [0.5, 0.6) is 5.75 Å². The van der Waals surface area contributed by atoms with E-state index in [1.54, 1.807) is 36.8 Å². The van der Waals surface area contributed by atoms with Crippen molar-refractivity contribution >= 4 is 5.97 Å². The van der Waals surface area contributed by atoms with E-state index >= 15 is 0 Å². The molecule has 3 N–H and O–H groups in total. The number of aliphatic carboxylic acids is 1. The summed E-state index contributed by atoms with van der Waals surface area (Å²) in [4.78, 5) is 19.8. The maximum absolute atomic E-state index is 10.7. The van der Waals surface area contributed by atoms with Gasteiger partial charge in [0.1, 0.15) is 18.0 Å². The van der Waals surface area contributed by atoms with E-state index < -0.39 is 12.1 Å². The summed E-state index contributed by atoms with van der Waals surface area (Å²) < 4.78 is 5.83. The second-order valence-corrected chi connectivity index (χ2v) is 5.71. The van der Waals surface area contributed by atoms with Crippen LogP contribution in [0.2, 0.25) is 0 Å². The zero-order valence-electron chi connectivity index (χ0n) is 12.6. The zero-order valence-corrected chi connectivity index (χ0v) is 12.6. The monoisotopic (exact) mass is 317 g/mol. The molecule has 122 valence electrons. The molecule has 1 aromatic carbocycles. The molecule has 0 radical (unpaired) electrons. The molecule has 0 saturated carbocycles. The minimum Gasteiger partial charge on any atom is -0.486 e. The van der Waals surface area contributed by atoms with E-state index in [1.165, 1.54) is 0 Å². The number of carbonyl (C=O) groups is 1. The number of aromatic amines is 1. The van der Waals surface area contributed by atoms with Gasteiger partial charge in [-0.15, -0.1) is 0 Å². The van der Waals surface area contributed by atoms with Gasteiger partial charge in [-0.1, -0.05) is 12.1 Å². The van der Waals surface area contributed by atoms with Crippen LogP contribution < -0.4 is 4.74 Å². The summed E-state index contributed by atoms with van der Waals surface area (Å²) in [5.74, 6) is -0.231. The number of rotatable bonds is 6. The van der Waals surface area contributed by atoms with Gasteiger partial charge in [0.15, 0.2) is 0 Å². The van der Waals surface area contributed by atoms with Crippen molar-refractivity contribution in [3.05, 3.63) is 48.0 Å². The third-order valence-electron chi connectivity index (χ3n) is 3.83. The largest absolute Gasteiger partial charge is 0.486 e. The highest BCUT2D eigenvalue weighted by atomic mass is 16.5. The van der Waals surface area contributed by atoms with Crippen LogP contribution in [-0.2, 0) is 17.8 Å². The molecule has 1 aromatic heterocycles. The van der Waals surface area contributed by atoms with E-state index in [1.807, 2.05) is 0 Å². The number of carboxylic acid groups (broad SMARTS) is 1. The first kappa shape index (κ1) is 15.5. The number of β-amino-alcohol motifs (C(OH)–C–C–N with tert-alkyl or cyclic N) is 1. The van der Waals surface area contributed by atoms with Crippen LogP contribution in [0.1, 0.15) is 11.3 Å². The Hall–Kier alpha value is -2.38. The number of carboxylic acids is 1. The van der Waals surface area contributed by atoms with Gasteiger partial charge in [0, 0.05) is 31.5 Å². The standard InChI is InChI=1S/C16H19N3O4/c20-14-8-19(7-12-6-17-10-18-12)9-15(14)23-13-3-1-11(2-4-13)5-16(21)22/h1-4,6,10,14-15,20H,5,7-9H2,(H,17,18)(H,21,22)/t14-,15-/m1/s1. The number of H-pyrrole nitrogens is 1. The number of benzene rings is 1. The van der Waals surface area contributed by atoms with E-state index in [0.717, 1.165) is 11.3 Å². The summed E-state index contributed by atoms with van der Waals surface area (Å²) in [7, 11) is 0. The summed E-state index contributed by atoms with van der Waals surface area (Å²) in [6.07, 6.45) is 2.53. The predicted molar refractivity (Wildman–Crippen MR) is 82.1 cm³/mol. The summed E-state index contributed by atoms with van der Waals surface area (Å²) in [5.41, 5.74) is 1.72. The summed E-state index contributed by atoms with van der Waals surface area (Å²) in [5, 5.41) is 18.9. The molecule has 2 aromatic rings. The molecule has 0 bridgehead atoms. The number of likely N-dealkylation sites (tertiary alicyclic amines) is 1. The van der Waals surface area contributed by atoms with E-state index in [-0.39, 0.29) is 12.5 Å². The van der Waals surface area contributed by atoms with Gasteiger partial charge in [-0.25, -0.2) is 4.98 Å². The summed E-state index contributed by atoms with van der Waals surface area (Å²) >= 11 is 0. The molecule has 2 heterocycles. The van der Waals surface area contributed by atoms with Crippen molar-refractivity contribution in [2.45, 2.75) is 25.2 Å². The first-order valence-electron chi connectivity index (χ1n) is 7.45. The topological polar surface area (TPSA) is 98.7 Å². The molecule has 7 nitrogen and oxygen atoms in total. The van der Waals surface area contributed by atoms with Crippen molar-refractivity contribution in [2.75, 3.05) is 13.1 Å². The fraction of sp³-hybridized carbons (Fsp3) is 0.375. The summed E-state index contributed by atoms with van der Waals surface area (Å²) in [6.45, 7) is 1.85. The van der Waals surface area contributed by atoms with E-state index in [4.69, 9.17) is 9.84 Å². The molecular formula is C16H19N3O4. The fourth-order valence-corrected chi connectivity index (χ4v) is 2.73. The molecular weight excluding hydrogens is 298 g/mol. The molecule has 0 unspecified atom stereocenters. The average molecular weight is 317 g/mol. The maximum Gasteiger partial charge on any atom is 0.307 e. The Balaban J connectivity index is 1.56. The van der Waals surface area contributed by atoms with Crippen LogP contribution in [0.25, 0.3) is 0 Å². The zero-order chi connectivity index (χ0) is 16.2. The number of hydrogen-bond acceptors (Lipinski definition) is 5. The Labute approximate surface area is 133 Å².